The van der Waals surface area contributed by atoms with Crippen LogP contribution in [0.3, 0.4) is 0 Å². The molecule has 0 aromatic heterocycles. The first-order chi connectivity index (χ1) is 33.1. The van der Waals surface area contributed by atoms with Crippen LogP contribution >= 0.6 is 0 Å². The zero-order valence-electron chi connectivity index (χ0n) is 42.5. The van der Waals surface area contributed by atoms with Crippen LogP contribution in [0.15, 0.2) is 146 Å². The van der Waals surface area contributed by atoms with Crippen LogP contribution in [0.2, 0.25) is 39.3 Å². The first-order valence-electron chi connectivity index (χ1n) is 26.3. The predicted molar refractivity (Wildman–Crippen MR) is 304 cm³/mol. The third-order valence-electron chi connectivity index (χ3n) is 18.7. The number of fused-ring (bicyclic) bond motifs is 10. The summed E-state index contributed by atoms with van der Waals surface area (Å²) in [5.74, 6) is 0. The number of hydrogen-bond acceptors (Lipinski definition) is 3. The summed E-state index contributed by atoms with van der Waals surface area (Å²) < 4.78 is 0. The molecule has 4 heterocycles. The number of anilines is 7. The van der Waals surface area contributed by atoms with E-state index in [4.69, 9.17) is 0 Å². The van der Waals surface area contributed by atoms with Gasteiger partial charge in [0, 0.05) is 56.7 Å². The Labute approximate surface area is 414 Å². The largest absolute Gasteiger partial charge is 0.338 e. The van der Waals surface area contributed by atoms with Crippen molar-refractivity contribution in [2.75, 3.05) is 14.7 Å². The number of rotatable bonds is 6. The Hall–Kier alpha value is -5.56. The van der Waals surface area contributed by atoms with Crippen LogP contribution in [0, 0.1) is 0 Å². The third kappa shape index (κ3) is 6.16. The summed E-state index contributed by atoms with van der Waals surface area (Å²) in [7, 11) is -3.31. The fourth-order valence-electron chi connectivity index (χ4n) is 14.7. The van der Waals surface area contributed by atoms with E-state index in [2.05, 4.69) is 220 Å². The standard InChI is InChI=1S/C63H68BN3Si2/c1-61-32-17-16-27-58(61)66-57-38-47(67-54-31-29-48(68(4,5)6)39-50(54)62(2)33-18-19-34-63(62,67)3)37-56-59(57)64(53-41-49(69(7,8)9)40-51(61)60(53)66)52-30-28-45(43-23-14-11-15-24-43)36-55(52)65(56)46-26-20-25-44(35-46)42-21-12-10-13-22-42/h10-15,20-26,28-31,35-41,58H,16-19,27,32-34H2,1-9H3. The molecule has 0 radical (unpaired) electrons. The quantitative estimate of drug-likeness (QED) is 0.154. The second-order valence-corrected chi connectivity index (χ2v) is 34.8. The van der Waals surface area contributed by atoms with E-state index < -0.39 is 16.1 Å². The second kappa shape index (κ2) is 15.0. The molecule has 0 bridgehead atoms. The van der Waals surface area contributed by atoms with Crippen LogP contribution in [0.5, 0.6) is 0 Å². The molecular formula is C63H68BN3Si2. The van der Waals surface area contributed by atoms with Gasteiger partial charge in [0.15, 0.2) is 0 Å². The lowest BCUT2D eigenvalue weighted by atomic mass is 9.33. The van der Waals surface area contributed by atoms with Crippen LogP contribution in [0.1, 0.15) is 83.3 Å². The van der Waals surface area contributed by atoms with Crippen molar-refractivity contribution in [3.05, 3.63) is 157 Å². The Morgan fingerprint density at radius 3 is 1.87 bits per heavy atom. The Bertz CT molecular complexity index is 3240. The molecule has 13 rings (SSSR count). The van der Waals surface area contributed by atoms with Gasteiger partial charge in [0.2, 0.25) is 0 Å². The molecule has 6 aliphatic rings. The van der Waals surface area contributed by atoms with Gasteiger partial charge in [-0.25, -0.2) is 0 Å². The van der Waals surface area contributed by atoms with Gasteiger partial charge in [0.05, 0.1) is 21.7 Å². The molecule has 69 heavy (non-hydrogen) atoms. The zero-order valence-corrected chi connectivity index (χ0v) is 44.5. The molecule has 346 valence electrons. The zero-order chi connectivity index (χ0) is 47.4. The van der Waals surface area contributed by atoms with E-state index in [1.54, 1.807) is 21.5 Å². The number of benzene rings is 7. The van der Waals surface area contributed by atoms with E-state index in [9.17, 15) is 0 Å². The van der Waals surface area contributed by atoms with Crippen molar-refractivity contribution in [3.8, 4) is 22.3 Å². The maximum atomic E-state index is 2.95. The number of hydrogen-bond donors (Lipinski definition) is 0. The molecule has 0 spiro atoms. The van der Waals surface area contributed by atoms with Gasteiger partial charge in [0.1, 0.15) is 0 Å². The summed E-state index contributed by atoms with van der Waals surface area (Å²) in [5.41, 5.74) is 22.2. The minimum atomic E-state index is -1.73. The van der Waals surface area contributed by atoms with Gasteiger partial charge in [-0.15, -0.1) is 0 Å². The second-order valence-electron chi connectivity index (χ2n) is 24.6. The summed E-state index contributed by atoms with van der Waals surface area (Å²) in [6.07, 6.45) is 9.99. The average molecular weight is 934 g/mol. The van der Waals surface area contributed by atoms with Gasteiger partial charge in [0.25, 0.3) is 6.71 Å². The Kier molecular flexibility index (Phi) is 9.43. The fourth-order valence-corrected chi connectivity index (χ4v) is 17.0. The molecular weight excluding hydrogens is 866 g/mol. The van der Waals surface area contributed by atoms with Gasteiger partial charge < -0.3 is 14.7 Å². The molecule has 2 saturated carbocycles. The molecule has 4 unspecified atom stereocenters. The molecule has 3 nitrogen and oxygen atoms in total. The van der Waals surface area contributed by atoms with E-state index in [-0.39, 0.29) is 23.1 Å². The molecule has 0 N–H and O–H groups in total. The van der Waals surface area contributed by atoms with Crippen LogP contribution in [-0.4, -0.2) is 34.4 Å². The van der Waals surface area contributed by atoms with Crippen molar-refractivity contribution >= 4 is 89.4 Å². The fraction of sp³-hybridized carbons (Fsp3) is 0.333. The lowest BCUT2D eigenvalue weighted by Crippen LogP contribution is -2.63. The van der Waals surface area contributed by atoms with Crippen LogP contribution in [0.4, 0.5) is 39.8 Å². The van der Waals surface area contributed by atoms with Crippen molar-refractivity contribution in [2.45, 2.75) is 134 Å². The summed E-state index contributed by atoms with van der Waals surface area (Å²) in [6, 6.07) is 57.9. The molecule has 0 amide bonds. The lowest BCUT2D eigenvalue weighted by Gasteiger charge is -2.51. The predicted octanol–water partition coefficient (Wildman–Crippen LogP) is 13.8. The maximum absolute atomic E-state index is 2.95. The smallest absolute Gasteiger partial charge is 0.252 e. The third-order valence-corrected chi connectivity index (χ3v) is 22.7. The van der Waals surface area contributed by atoms with Crippen LogP contribution in [-0.2, 0) is 10.8 Å². The Morgan fingerprint density at radius 1 is 0.493 bits per heavy atom. The minimum Gasteiger partial charge on any atom is -0.338 e. The van der Waals surface area contributed by atoms with Gasteiger partial charge in [-0.05, 0) is 119 Å². The van der Waals surface area contributed by atoms with Crippen molar-refractivity contribution in [2.24, 2.45) is 0 Å². The molecule has 7 aromatic carbocycles. The normalized spacial score (nSPS) is 24.0. The SMILES string of the molecule is CC12CCCCC1N1c3cc(N4c5ccc([Si](C)(C)C)cc5C5(C)CCCCC45C)cc4c3B(c3ccc(-c5ccccc5)cc3N4c3cccc(-c4ccccc4)c3)c3cc([Si](C)(C)C)cc2c31. The van der Waals surface area contributed by atoms with Crippen LogP contribution in [0.25, 0.3) is 22.3 Å². The first kappa shape index (κ1) is 43.5. The summed E-state index contributed by atoms with van der Waals surface area (Å²) >= 11 is 0. The first-order valence-corrected chi connectivity index (χ1v) is 33.3. The molecule has 7 aromatic rings. The van der Waals surface area contributed by atoms with E-state index in [1.807, 2.05) is 0 Å². The topological polar surface area (TPSA) is 9.72 Å². The molecule has 4 atom stereocenters. The van der Waals surface area contributed by atoms with E-state index in [0.29, 0.717) is 6.04 Å². The maximum Gasteiger partial charge on any atom is 0.252 e. The van der Waals surface area contributed by atoms with Gasteiger partial charge in [-0.3, -0.25) is 0 Å². The molecule has 0 saturated heterocycles. The Morgan fingerprint density at radius 2 is 1.14 bits per heavy atom. The van der Waals surface area contributed by atoms with Gasteiger partial charge in [-0.2, -0.15) is 0 Å². The Balaban J connectivity index is 1.15. The van der Waals surface area contributed by atoms with Gasteiger partial charge in [-0.1, -0.05) is 198 Å². The highest BCUT2D eigenvalue weighted by Crippen LogP contribution is 2.63. The summed E-state index contributed by atoms with van der Waals surface area (Å²) in [6.45, 7) is 23.3. The van der Waals surface area contributed by atoms with E-state index in [1.165, 1.54) is 130 Å². The van der Waals surface area contributed by atoms with Crippen molar-refractivity contribution in [1.82, 2.24) is 0 Å². The summed E-state index contributed by atoms with van der Waals surface area (Å²) in [4.78, 5) is 8.54. The van der Waals surface area contributed by atoms with Crippen molar-refractivity contribution < 1.29 is 0 Å². The monoisotopic (exact) mass is 934 g/mol. The molecule has 2 fully saturated rings. The minimum absolute atomic E-state index is 0.0371. The summed E-state index contributed by atoms with van der Waals surface area (Å²) in [5, 5.41) is 3.17. The highest BCUT2D eigenvalue weighted by atomic mass is 28.3. The molecule has 2 aliphatic carbocycles. The molecule has 4 aliphatic heterocycles. The highest BCUT2D eigenvalue weighted by Gasteiger charge is 2.60. The van der Waals surface area contributed by atoms with Crippen LogP contribution < -0.4 is 41.5 Å². The van der Waals surface area contributed by atoms with Gasteiger partial charge >= 0.3 is 0 Å². The van der Waals surface area contributed by atoms with E-state index in [0.717, 1.165) is 0 Å². The highest BCUT2D eigenvalue weighted by molar-refractivity contribution is 7.01. The molecule has 6 heteroatoms. The van der Waals surface area contributed by atoms with E-state index >= 15 is 0 Å². The lowest BCUT2D eigenvalue weighted by molar-refractivity contribution is 0.195. The average Bonchev–Trinajstić information content (AvgIpc) is 3.74. The number of nitrogens with zero attached hydrogens (tertiary/aromatic N) is 3. The van der Waals surface area contributed by atoms with Crippen molar-refractivity contribution in [1.29, 1.82) is 0 Å². The van der Waals surface area contributed by atoms with Crippen molar-refractivity contribution in [3.63, 3.8) is 0 Å².